The first-order valence-corrected chi connectivity index (χ1v) is 8.80. The number of carbonyl (C=O) groups is 1. The molecule has 1 atom stereocenters. The van der Waals surface area contributed by atoms with Gasteiger partial charge in [0.2, 0.25) is 0 Å². The van der Waals surface area contributed by atoms with Crippen molar-refractivity contribution >= 4 is 17.0 Å². The lowest BCUT2D eigenvalue weighted by Gasteiger charge is -2.15. The molecule has 1 aromatic carbocycles. The van der Waals surface area contributed by atoms with Crippen LogP contribution in [0.5, 0.6) is 5.75 Å². The van der Waals surface area contributed by atoms with Crippen LogP contribution in [0.4, 0.5) is 4.79 Å². The predicted molar refractivity (Wildman–Crippen MR) is 98.3 cm³/mol. The highest BCUT2D eigenvalue weighted by atomic mass is 16.5. The van der Waals surface area contributed by atoms with E-state index in [0.29, 0.717) is 25.2 Å². The lowest BCUT2D eigenvalue weighted by molar-refractivity contribution is 0.139. The van der Waals surface area contributed by atoms with Gasteiger partial charge in [-0.2, -0.15) is 10.4 Å². The highest BCUT2D eigenvalue weighted by molar-refractivity contribution is 5.93. The lowest BCUT2D eigenvalue weighted by atomic mass is 10.1. The number of carbonyl (C=O) groups excluding carboxylic acids is 1. The number of amides is 1. The molecule has 2 aromatic heterocycles. The van der Waals surface area contributed by atoms with Crippen LogP contribution in [0.1, 0.15) is 19.0 Å². The van der Waals surface area contributed by atoms with Crippen molar-refractivity contribution in [1.82, 2.24) is 20.1 Å². The number of cyclic esters (lactones) is 1. The van der Waals surface area contributed by atoms with Gasteiger partial charge in [0, 0.05) is 30.1 Å². The van der Waals surface area contributed by atoms with Crippen molar-refractivity contribution in [2.75, 3.05) is 13.2 Å². The van der Waals surface area contributed by atoms with E-state index < -0.39 is 6.09 Å². The molecular weight excluding hydrogens is 346 g/mol. The minimum absolute atomic E-state index is 0.0720. The van der Waals surface area contributed by atoms with E-state index in [4.69, 9.17) is 9.47 Å². The zero-order valence-electron chi connectivity index (χ0n) is 14.9. The van der Waals surface area contributed by atoms with Gasteiger partial charge in [-0.15, -0.1) is 0 Å². The fraction of sp³-hybridized carbons (Fsp3) is 0.316. The first kappa shape index (κ1) is 17.0. The van der Waals surface area contributed by atoms with Gasteiger partial charge in [-0.3, -0.25) is 5.10 Å². The number of ether oxygens (including phenoxy) is 2. The number of benzene rings is 1. The Bertz CT molecular complexity index is 1030. The molecule has 0 aliphatic carbocycles. The zero-order valence-corrected chi connectivity index (χ0v) is 14.9. The molecule has 3 heterocycles. The quantitative estimate of drug-likeness (QED) is 0.637. The fourth-order valence-electron chi connectivity index (χ4n) is 3.16. The Labute approximate surface area is 155 Å². The van der Waals surface area contributed by atoms with E-state index in [1.165, 1.54) is 0 Å². The summed E-state index contributed by atoms with van der Waals surface area (Å²) in [5.74, 6) is 0.729. The summed E-state index contributed by atoms with van der Waals surface area (Å²) in [5, 5.41) is 20.5. The van der Waals surface area contributed by atoms with Gasteiger partial charge in [0.1, 0.15) is 29.8 Å². The van der Waals surface area contributed by atoms with Gasteiger partial charge in [-0.05, 0) is 31.2 Å². The summed E-state index contributed by atoms with van der Waals surface area (Å²) in [5.41, 5.74) is 2.95. The maximum Gasteiger partial charge on any atom is 0.407 e. The molecule has 0 fully saturated rings. The van der Waals surface area contributed by atoms with Gasteiger partial charge in [-0.25, -0.2) is 4.79 Å². The summed E-state index contributed by atoms with van der Waals surface area (Å²) >= 11 is 0. The normalized spacial score (nSPS) is 17.8. The van der Waals surface area contributed by atoms with Gasteiger partial charge in [0.15, 0.2) is 0 Å². The molecule has 8 nitrogen and oxygen atoms in total. The van der Waals surface area contributed by atoms with Crippen molar-refractivity contribution in [3.8, 4) is 23.1 Å². The first-order chi connectivity index (χ1) is 13.1. The monoisotopic (exact) mass is 365 g/mol. The number of hydrogen-bond acceptors (Lipinski definition) is 5. The zero-order chi connectivity index (χ0) is 18.8. The molecule has 4 bridgehead atoms. The molecule has 3 aromatic rings. The summed E-state index contributed by atoms with van der Waals surface area (Å²) in [7, 11) is 0. The van der Waals surface area contributed by atoms with Gasteiger partial charge in [0.05, 0.1) is 18.2 Å². The Hall–Kier alpha value is -3.47. The molecule has 0 saturated carbocycles. The third-order valence-corrected chi connectivity index (χ3v) is 4.54. The maximum atomic E-state index is 11.8. The second-order valence-corrected chi connectivity index (χ2v) is 6.48. The molecular formula is C19H19N5O3. The average molecular weight is 365 g/mol. The molecule has 1 aliphatic rings. The van der Waals surface area contributed by atoms with Crippen LogP contribution < -0.4 is 10.1 Å². The number of aromatic nitrogens is 3. The molecule has 0 unspecified atom stereocenters. The van der Waals surface area contributed by atoms with E-state index in [1.54, 1.807) is 10.6 Å². The van der Waals surface area contributed by atoms with E-state index in [2.05, 4.69) is 21.6 Å². The number of rotatable bonds is 0. The molecule has 138 valence electrons. The molecule has 1 aliphatic heterocycles. The topological polar surface area (TPSA) is 105 Å². The number of nitriles is 1. The SMILES string of the molecule is C[C@@H]1CCNC(=O)OCCn2cc(cc2C#N)-c2n[nH]c3ccc(cc23)O1. The third-order valence-electron chi connectivity index (χ3n) is 4.54. The van der Waals surface area contributed by atoms with Crippen molar-refractivity contribution in [2.24, 2.45) is 0 Å². The maximum absolute atomic E-state index is 11.8. The predicted octanol–water partition coefficient (Wildman–Crippen LogP) is 2.80. The molecule has 27 heavy (non-hydrogen) atoms. The molecule has 2 N–H and O–H groups in total. The average Bonchev–Trinajstić information content (AvgIpc) is 3.24. The van der Waals surface area contributed by atoms with Crippen molar-refractivity contribution in [3.63, 3.8) is 0 Å². The molecule has 8 heteroatoms. The summed E-state index contributed by atoms with van der Waals surface area (Å²) in [4.78, 5) is 11.8. The molecule has 1 amide bonds. The van der Waals surface area contributed by atoms with Crippen molar-refractivity contribution in [3.05, 3.63) is 36.2 Å². The van der Waals surface area contributed by atoms with Crippen molar-refractivity contribution < 1.29 is 14.3 Å². The van der Waals surface area contributed by atoms with Crippen molar-refractivity contribution in [2.45, 2.75) is 26.0 Å². The highest BCUT2D eigenvalue weighted by Gasteiger charge is 2.15. The van der Waals surface area contributed by atoms with Crippen molar-refractivity contribution in [1.29, 1.82) is 5.26 Å². The summed E-state index contributed by atoms with van der Waals surface area (Å²) < 4.78 is 12.9. The molecule has 0 radical (unpaired) electrons. The number of nitrogens with zero attached hydrogens (tertiary/aromatic N) is 3. The van der Waals surface area contributed by atoms with Crippen LogP contribution >= 0.6 is 0 Å². The summed E-state index contributed by atoms with van der Waals surface area (Å²) in [6, 6.07) is 9.71. The minimum Gasteiger partial charge on any atom is -0.491 e. The van der Waals surface area contributed by atoms with Gasteiger partial charge in [-0.1, -0.05) is 0 Å². The van der Waals surface area contributed by atoms with E-state index in [9.17, 15) is 10.1 Å². The minimum atomic E-state index is -0.476. The van der Waals surface area contributed by atoms with Crippen LogP contribution in [0.3, 0.4) is 0 Å². The highest BCUT2D eigenvalue weighted by Crippen LogP contribution is 2.31. The van der Waals surface area contributed by atoms with Gasteiger partial charge in [0.25, 0.3) is 0 Å². The van der Waals surface area contributed by atoms with E-state index in [0.717, 1.165) is 27.9 Å². The van der Waals surface area contributed by atoms with Gasteiger partial charge >= 0.3 is 6.09 Å². The Morgan fingerprint density at radius 2 is 2.26 bits per heavy atom. The lowest BCUT2D eigenvalue weighted by Crippen LogP contribution is -2.29. The van der Waals surface area contributed by atoms with Crippen LogP contribution in [-0.2, 0) is 11.3 Å². The Morgan fingerprint density at radius 1 is 1.37 bits per heavy atom. The smallest absolute Gasteiger partial charge is 0.407 e. The van der Waals surface area contributed by atoms with Crippen LogP contribution in [0.25, 0.3) is 22.2 Å². The Balaban J connectivity index is 1.77. The van der Waals surface area contributed by atoms with E-state index >= 15 is 0 Å². The number of aromatic amines is 1. The van der Waals surface area contributed by atoms with Gasteiger partial charge < -0.3 is 19.4 Å². The van der Waals surface area contributed by atoms with Crippen LogP contribution in [0, 0.1) is 11.3 Å². The van der Waals surface area contributed by atoms with Crippen LogP contribution in [-0.4, -0.2) is 40.1 Å². The largest absolute Gasteiger partial charge is 0.491 e. The number of alkyl carbamates (subject to hydrolysis) is 1. The second-order valence-electron chi connectivity index (χ2n) is 6.48. The van der Waals surface area contributed by atoms with Crippen LogP contribution in [0.2, 0.25) is 0 Å². The molecule has 4 rings (SSSR count). The number of fused-ring (bicyclic) bond motifs is 4. The second kappa shape index (κ2) is 7.03. The number of nitrogens with one attached hydrogen (secondary N) is 2. The fourth-order valence-corrected chi connectivity index (χ4v) is 3.16. The number of hydrogen-bond donors (Lipinski definition) is 2. The Kier molecular flexibility index (Phi) is 4.42. The van der Waals surface area contributed by atoms with Crippen LogP contribution in [0.15, 0.2) is 30.5 Å². The number of H-pyrrole nitrogens is 1. The first-order valence-electron chi connectivity index (χ1n) is 8.80. The Morgan fingerprint density at radius 3 is 3.11 bits per heavy atom. The standard InChI is InChI=1S/C19H19N5O3/c1-12-4-5-21-19(25)26-7-6-24-11-13(8-14(24)10-20)18-16-9-15(27-12)2-3-17(16)22-23-18/h2-3,8-9,11-12H,4-7H2,1H3,(H,21,25)(H,22,23)/t12-/m1/s1. The van der Waals surface area contributed by atoms with E-state index in [1.807, 2.05) is 31.3 Å². The van der Waals surface area contributed by atoms with E-state index in [-0.39, 0.29) is 12.7 Å². The molecule has 0 saturated heterocycles. The summed E-state index contributed by atoms with van der Waals surface area (Å²) in [6.07, 6.45) is 1.95. The summed E-state index contributed by atoms with van der Waals surface area (Å²) in [6.45, 7) is 2.97. The third kappa shape index (κ3) is 3.44. The molecule has 0 spiro atoms.